The Hall–Kier alpha value is -7.31. The summed E-state index contributed by atoms with van der Waals surface area (Å²) in [6, 6.07) is 43.7. The molecular formula is C48H30N4O2. The van der Waals surface area contributed by atoms with Crippen molar-refractivity contribution >= 4 is 78.9 Å². The average molecular weight is 695 g/mol. The predicted octanol–water partition coefficient (Wildman–Crippen LogP) is 12.9. The highest BCUT2D eigenvalue weighted by Gasteiger charge is 2.27. The highest BCUT2D eigenvalue weighted by Crippen LogP contribution is 2.46. The summed E-state index contributed by atoms with van der Waals surface area (Å²) in [7, 11) is 0. The Bertz CT molecular complexity index is 3090. The number of hydrogen-bond donors (Lipinski definition) is 0. The number of aromatic nitrogens is 3. The van der Waals surface area contributed by atoms with Gasteiger partial charge in [-0.05, 0) is 53.9 Å². The number of fused-ring (bicyclic) bond motifs is 8. The summed E-state index contributed by atoms with van der Waals surface area (Å²) in [6.45, 7) is 0. The Labute approximate surface area is 310 Å². The molecule has 0 radical (unpaired) electrons. The largest absolute Gasteiger partial charge is 0.456 e. The van der Waals surface area contributed by atoms with Gasteiger partial charge in [-0.25, -0.2) is 4.98 Å². The molecule has 0 unspecified atom stereocenters. The van der Waals surface area contributed by atoms with Gasteiger partial charge in [0.25, 0.3) is 0 Å². The van der Waals surface area contributed by atoms with Gasteiger partial charge >= 0.3 is 0 Å². The number of nitrogens with zero attached hydrogens (tertiary/aromatic N) is 4. The second kappa shape index (κ2) is 12.1. The van der Waals surface area contributed by atoms with E-state index in [0.29, 0.717) is 17.6 Å². The minimum absolute atomic E-state index is 0.520. The molecule has 0 amide bonds. The van der Waals surface area contributed by atoms with Gasteiger partial charge in [-0.15, -0.1) is 0 Å². The third-order valence-electron chi connectivity index (χ3n) is 10.3. The van der Waals surface area contributed by atoms with Crippen LogP contribution < -0.4 is 4.90 Å². The van der Waals surface area contributed by atoms with Gasteiger partial charge in [0.1, 0.15) is 22.3 Å². The highest BCUT2D eigenvalue weighted by atomic mass is 16.3. The molecule has 0 spiro atoms. The van der Waals surface area contributed by atoms with E-state index in [1.807, 2.05) is 60.7 Å². The number of rotatable bonds is 4. The van der Waals surface area contributed by atoms with Crippen LogP contribution in [0, 0.1) is 0 Å². The van der Waals surface area contributed by atoms with Gasteiger partial charge in [0.15, 0.2) is 11.6 Å². The molecule has 4 heterocycles. The molecule has 54 heavy (non-hydrogen) atoms. The van der Waals surface area contributed by atoms with Crippen molar-refractivity contribution in [3.63, 3.8) is 0 Å². The SMILES string of the molecule is C1=CCC=CC(c2nc(-c3ccccc3)nc(N3c4ccc(-c5cccc6c5oc5ccccc56)cc4C=Cc4cc5oc6ccccc6c5cc43)n2)=C1. The zero-order valence-corrected chi connectivity index (χ0v) is 29.0. The van der Waals surface area contributed by atoms with Gasteiger partial charge in [0.05, 0.1) is 11.4 Å². The molecule has 0 bridgehead atoms. The van der Waals surface area contributed by atoms with Crippen LogP contribution in [0.1, 0.15) is 23.4 Å². The molecule has 0 N–H and O–H groups in total. The number of anilines is 3. The van der Waals surface area contributed by atoms with Crippen molar-refractivity contribution in [1.29, 1.82) is 0 Å². The van der Waals surface area contributed by atoms with Crippen LogP contribution in [0.5, 0.6) is 0 Å². The van der Waals surface area contributed by atoms with E-state index in [4.69, 9.17) is 23.8 Å². The maximum atomic E-state index is 6.47. The van der Waals surface area contributed by atoms with Crippen LogP contribution in [0.15, 0.2) is 167 Å². The van der Waals surface area contributed by atoms with Crippen LogP contribution in [0.4, 0.5) is 17.3 Å². The maximum absolute atomic E-state index is 6.47. The molecule has 1 aliphatic carbocycles. The van der Waals surface area contributed by atoms with Crippen molar-refractivity contribution in [3.8, 4) is 22.5 Å². The maximum Gasteiger partial charge on any atom is 0.238 e. The molecule has 0 atom stereocenters. The predicted molar refractivity (Wildman–Crippen MR) is 220 cm³/mol. The molecule has 0 fully saturated rings. The van der Waals surface area contributed by atoms with E-state index in [1.54, 1.807) is 0 Å². The normalized spacial score (nSPS) is 13.7. The van der Waals surface area contributed by atoms with Gasteiger partial charge in [-0.2, -0.15) is 9.97 Å². The summed E-state index contributed by atoms with van der Waals surface area (Å²) < 4.78 is 12.9. The summed E-state index contributed by atoms with van der Waals surface area (Å²) >= 11 is 0. The number of benzene rings is 6. The molecule has 11 rings (SSSR count). The van der Waals surface area contributed by atoms with E-state index < -0.39 is 0 Å². The monoisotopic (exact) mass is 694 g/mol. The van der Waals surface area contributed by atoms with Crippen LogP contribution in [0.25, 0.3) is 84.1 Å². The van der Waals surface area contributed by atoms with Crippen molar-refractivity contribution in [3.05, 3.63) is 175 Å². The molecule has 6 nitrogen and oxygen atoms in total. The quantitative estimate of drug-likeness (QED) is 0.183. The van der Waals surface area contributed by atoms with Crippen molar-refractivity contribution in [2.24, 2.45) is 0 Å². The van der Waals surface area contributed by atoms with Gasteiger partial charge in [0.2, 0.25) is 5.95 Å². The first-order chi connectivity index (χ1) is 26.7. The van der Waals surface area contributed by atoms with Crippen molar-refractivity contribution < 1.29 is 8.83 Å². The van der Waals surface area contributed by atoms with E-state index in [-0.39, 0.29) is 0 Å². The van der Waals surface area contributed by atoms with Crippen LogP contribution in [-0.4, -0.2) is 15.0 Å². The molecule has 0 saturated heterocycles. The van der Waals surface area contributed by atoms with Gasteiger partial charge < -0.3 is 8.83 Å². The smallest absolute Gasteiger partial charge is 0.238 e. The fraction of sp³-hybridized carbons (Fsp3) is 0.0208. The standard InChI is InChI=1S/C48H30N4O2/c1-2-5-14-30(13-4-1)46-49-47(31-15-6-3-7-16-31)51-48(50-46)52-40-26-25-32(35-19-12-20-38-36-17-8-11-22-43(36)54-45(35)38)27-33(40)23-24-34-28-44-39(29-41(34)52)37-18-9-10-21-42(37)53-44/h1,3-29H,2H2. The van der Waals surface area contributed by atoms with Gasteiger partial charge in [0, 0.05) is 43.8 Å². The molecule has 2 aliphatic rings. The highest BCUT2D eigenvalue weighted by molar-refractivity contribution is 6.11. The lowest BCUT2D eigenvalue weighted by atomic mass is 9.99. The lowest BCUT2D eigenvalue weighted by molar-refractivity contribution is 0.668. The van der Waals surface area contributed by atoms with Crippen molar-refractivity contribution in [1.82, 2.24) is 15.0 Å². The van der Waals surface area contributed by atoms with Crippen LogP contribution in [0.2, 0.25) is 0 Å². The van der Waals surface area contributed by atoms with Crippen LogP contribution in [0.3, 0.4) is 0 Å². The van der Waals surface area contributed by atoms with Crippen molar-refractivity contribution in [2.45, 2.75) is 6.42 Å². The number of hydrogen-bond acceptors (Lipinski definition) is 6. The third kappa shape index (κ3) is 4.92. The zero-order valence-electron chi connectivity index (χ0n) is 29.0. The summed E-state index contributed by atoms with van der Waals surface area (Å²) in [5, 5.41) is 4.29. The van der Waals surface area contributed by atoms with Gasteiger partial charge in [-0.3, -0.25) is 4.90 Å². The van der Waals surface area contributed by atoms with Crippen LogP contribution >= 0.6 is 0 Å². The molecule has 6 heteroatoms. The van der Waals surface area contributed by atoms with E-state index in [9.17, 15) is 0 Å². The number of para-hydroxylation sites is 3. The molecule has 6 aromatic carbocycles. The molecule has 0 saturated carbocycles. The lowest BCUT2D eigenvalue weighted by Crippen LogP contribution is -2.17. The molecule has 254 valence electrons. The number of furan rings is 2. The first kappa shape index (κ1) is 30.3. The van der Waals surface area contributed by atoms with E-state index in [2.05, 4.69) is 114 Å². The molecule has 9 aromatic rings. The molecule has 1 aliphatic heterocycles. The Balaban J connectivity index is 1.17. The van der Waals surface area contributed by atoms with E-state index in [0.717, 1.165) is 95.1 Å². The fourth-order valence-corrected chi connectivity index (χ4v) is 7.70. The summed E-state index contributed by atoms with van der Waals surface area (Å²) in [4.78, 5) is 17.7. The Kier molecular flexibility index (Phi) is 6.82. The lowest BCUT2D eigenvalue weighted by Gasteiger charge is -2.26. The Morgan fingerprint density at radius 3 is 2.11 bits per heavy atom. The minimum Gasteiger partial charge on any atom is -0.456 e. The third-order valence-corrected chi connectivity index (χ3v) is 10.3. The van der Waals surface area contributed by atoms with E-state index >= 15 is 0 Å². The summed E-state index contributed by atoms with van der Waals surface area (Å²) in [6.07, 6.45) is 15.7. The molecular weight excluding hydrogens is 665 g/mol. The van der Waals surface area contributed by atoms with Gasteiger partial charge in [-0.1, -0.05) is 134 Å². The second-order valence-corrected chi connectivity index (χ2v) is 13.6. The minimum atomic E-state index is 0.520. The average Bonchev–Trinajstić information content (AvgIpc) is 3.58. The summed E-state index contributed by atoms with van der Waals surface area (Å²) in [5.74, 6) is 1.72. The Morgan fingerprint density at radius 1 is 0.500 bits per heavy atom. The fourth-order valence-electron chi connectivity index (χ4n) is 7.70. The summed E-state index contributed by atoms with van der Waals surface area (Å²) in [5.41, 5.74) is 11.2. The van der Waals surface area contributed by atoms with E-state index in [1.165, 1.54) is 0 Å². The zero-order chi connectivity index (χ0) is 35.6. The Morgan fingerprint density at radius 2 is 1.24 bits per heavy atom. The second-order valence-electron chi connectivity index (χ2n) is 13.6. The van der Waals surface area contributed by atoms with Crippen molar-refractivity contribution in [2.75, 3.05) is 4.90 Å². The first-order valence-corrected chi connectivity index (χ1v) is 18.1. The topological polar surface area (TPSA) is 68.2 Å². The van der Waals surface area contributed by atoms with Crippen LogP contribution in [-0.2, 0) is 0 Å². The number of allylic oxidation sites excluding steroid dienone is 6. The molecule has 3 aromatic heterocycles. The first-order valence-electron chi connectivity index (χ1n) is 18.1.